The van der Waals surface area contributed by atoms with E-state index >= 15 is 0 Å². The van der Waals surface area contributed by atoms with Gasteiger partial charge in [0.2, 0.25) is 0 Å². The molecule has 0 bridgehead atoms. The molecule has 0 spiro atoms. The number of halogens is 1. The van der Waals surface area contributed by atoms with E-state index < -0.39 is 0 Å². The van der Waals surface area contributed by atoms with Gasteiger partial charge in [0.25, 0.3) is 0 Å². The lowest BCUT2D eigenvalue weighted by Crippen LogP contribution is -2.30. The summed E-state index contributed by atoms with van der Waals surface area (Å²) in [5.74, 6) is 2.47. The van der Waals surface area contributed by atoms with Crippen LogP contribution >= 0.6 is 15.9 Å². The smallest absolute Gasteiger partial charge is 0.169 e. The Kier molecular flexibility index (Phi) is 3.52. The van der Waals surface area contributed by atoms with E-state index in [-0.39, 0.29) is 0 Å². The Labute approximate surface area is 99.6 Å². The van der Waals surface area contributed by atoms with Gasteiger partial charge in [-0.25, -0.2) is 0 Å². The van der Waals surface area contributed by atoms with E-state index in [0.717, 1.165) is 29.4 Å². The predicted molar refractivity (Wildman–Crippen MR) is 65.2 cm³/mol. The maximum absolute atomic E-state index is 5.73. The number of piperidine rings is 1. The average Bonchev–Trinajstić information content (AvgIpc) is 2.58. The topological polar surface area (TPSA) is 25.2 Å². The number of aryl methyl sites for hydroxylation is 1. The number of rotatable bonds is 2. The SMILES string of the molecule is Cc1cc(Br)oc1C(C)C1CCNCC1. The lowest BCUT2D eigenvalue weighted by Gasteiger charge is -2.27. The minimum Gasteiger partial charge on any atom is -0.454 e. The average molecular weight is 272 g/mol. The van der Waals surface area contributed by atoms with Gasteiger partial charge < -0.3 is 9.73 Å². The summed E-state index contributed by atoms with van der Waals surface area (Å²) in [6.07, 6.45) is 2.53. The van der Waals surface area contributed by atoms with Crippen molar-refractivity contribution in [2.75, 3.05) is 13.1 Å². The Bertz CT molecular complexity index is 328. The molecule has 1 atom stereocenters. The monoisotopic (exact) mass is 271 g/mol. The molecule has 15 heavy (non-hydrogen) atoms. The molecule has 84 valence electrons. The van der Waals surface area contributed by atoms with E-state index in [2.05, 4.69) is 41.2 Å². The van der Waals surface area contributed by atoms with E-state index in [1.165, 1.54) is 18.4 Å². The van der Waals surface area contributed by atoms with E-state index in [1.807, 2.05) is 0 Å². The van der Waals surface area contributed by atoms with Crippen molar-refractivity contribution in [3.8, 4) is 0 Å². The molecule has 1 unspecified atom stereocenters. The van der Waals surface area contributed by atoms with Crippen LogP contribution in [0.2, 0.25) is 0 Å². The first-order valence-electron chi connectivity index (χ1n) is 5.65. The lowest BCUT2D eigenvalue weighted by atomic mass is 9.84. The molecule has 1 N–H and O–H groups in total. The van der Waals surface area contributed by atoms with Crippen LogP contribution in [0.3, 0.4) is 0 Å². The second kappa shape index (κ2) is 4.71. The van der Waals surface area contributed by atoms with Gasteiger partial charge in [-0.1, -0.05) is 6.92 Å². The highest BCUT2D eigenvalue weighted by atomic mass is 79.9. The maximum Gasteiger partial charge on any atom is 0.169 e. The van der Waals surface area contributed by atoms with Crippen LogP contribution in [-0.4, -0.2) is 13.1 Å². The summed E-state index contributed by atoms with van der Waals surface area (Å²) >= 11 is 3.40. The molecule has 1 aromatic rings. The molecule has 0 amide bonds. The van der Waals surface area contributed by atoms with Gasteiger partial charge in [0.15, 0.2) is 4.67 Å². The minimum atomic E-state index is 0.540. The highest BCUT2D eigenvalue weighted by Gasteiger charge is 2.24. The Morgan fingerprint density at radius 2 is 2.13 bits per heavy atom. The van der Waals surface area contributed by atoms with E-state index in [1.54, 1.807) is 0 Å². The summed E-state index contributed by atoms with van der Waals surface area (Å²) in [5, 5.41) is 3.40. The Hall–Kier alpha value is -0.280. The second-order valence-electron chi connectivity index (χ2n) is 4.47. The van der Waals surface area contributed by atoms with Crippen molar-refractivity contribution < 1.29 is 4.42 Å². The predicted octanol–water partition coefficient (Wildman–Crippen LogP) is 3.45. The first kappa shape index (κ1) is 11.2. The fourth-order valence-electron chi connectivity index (χ4n) is 2.47. The van der Waals surface area contributed by atoms with E-state index in [9.17, 15) is 0 Å². The summed E-state index contributed by atoms with van der Waals surface area (Å²) in [6, 6.07) is 2.06. The highest BCUT2D eigenvalue weighted by Crippen LogP contribution is 2.34. The first-order valence-corrected chi connectivity index (χ1v) is 6.44. The molecule has 1 saturated heterocycles. The van der Waals surface area contributed by atoms with Gasteiger partial charge in [-0.2, -0.15) is 0 Å². The Morgan fingerprint density at radius 3 is 2.67 bits per heavy atom. The van der Waals surface area contributed by atoms with Gasteiger partial charge in [-0.3, -0.25) is 0 Å². The summed E-state index contributed by atoms with van der Waals surface area (Å²) in [4.78, 5) is 0. The molecule has 2 heterocycles. The zero-order valence-electron chi connectivity index (χ0n) is 9.35. The third kappa shape index (κ3) is 2.45. The molecule has 1 aliphatic rings. The van der Waals surface area contributed by atoms with Crippen molar-refractivity contribution in [1.29, 1.82) is 0 Å². The van der Waals surface area contributed by atoms with Crippen LogP contribution in [0.4, 0.5) is 0 Å². The van der Waals surface area contributed by atoms with Crippen LogP contribution in [0, 0.1) is 12.8 Å². The van der Waals surface area contributed by atoms with Crippen molar-refractivity contribution >= 4 is 15.9 Å². The van der Waals surface area contributed by atoms with Crippen molar-refractivity contribution in [1.82, 2.24) is 5.32 Å². The standard InChI is InChI=1S/C12H18BrNO/c1-8-7-11(13)15-12(8)9(2)10-3-5-14-6-4-10/h7,9-10,14H,3-6H2,1-2H3. The molecule has 2 rings (SSSR count). The summed E-state index contributed by atoms with van der Waals surface area (Å²) in [5.41, 5.74) is 1.27. The summed E-state index contributed by atoms with van der Waals surface area (Å²) < 4.78 is 6.58. The molecule has 3 heteroatoms. The van der Waals surface area contributed by atoms with E-state index in [0.29, 0.717) is 5.92 Å². The number of hydrogen-bond acceptors (Lipinski definition) is 2. The molecule has 1 aromatic heterocycles. The fourth-order valence-corrected chi connectivity index (χ4v) is 2.98. The Morgan fingerprint density at radius 1 is 1.47 bits per heavy atom. The van der Waals surface area contributed by atoms with Crippen molar-refractivity contribution in [3.05, 3.63) is 22.1 Å². The number of furan rings is 1. The van der Waals surface area contributed by atoms with Gasteiger partial charge in [0, 0.05) is 5.92 Å². The summed E-state index contributed by atoms with van der Waals surface area (Å²) in [7, 11) is 0. The number of nitrogens with one attached hydrogen (secondary N) is 1. The molecular formula is C12H18BrNO. The van der Waals surface area contributed by atoms with Gasteiger partial charge in [0.05, 0.1) is 0 Å². The maximum atomic E-state index is 5.73. The van der Waals surface area contributed by atoms with Crippen molar-refractivity contribution in [2.24, 2.45) is 5.92 Å². The molecule has 0 radical (unpaired) electrons. The van der Waals surface area contributed by atoms with E-state index in [4.69, 9.17) is 4.42 Å². The van der Waals surface area contributed by atoms with Crippen molar-refractivity contribution in [3.63, 3.8) is 0 Å². The fraction of sp³-hybridized carbons (Fsp3) is 0.667. The van der Waals surface area contributed by atoms with Gasteiger partial charge >= 0.3 is 0 Å². The number of hydrogen-bond donors (Lipinski definition) is 1. The highest BCUT2D eigenvalue weighted by molar-refractivity contribution is 9.10. The second-order valence-corrected chi connectivity index (χ2v) is 5.26. The largest absolute Gasteiger partial charge is 0.454 e. The molecule has 2 nitrogen and oxygen atoms in total. The van der Waals surface area contributed by atoms with Crippen LogP contribution < -0.4 is 5.32 Å². The lowest BCUT2D eigenvalue weighted by molar-refractivity contribution is 0.297. The molecular weight excluding hydrogens is 254 g/mol. The van der Waals surface area contributed by atoms with Crippen LogP contribution in [-0.2, 0) is 0 Å². The normalized spacial score (nSPS) is 20.5. The molecule has 1 fully saturated rings. The van der Waals surface area contributed by atoms with Crippen LogP contribution in [0.5, 0.6) is 0 Å². The third-order valence-electron chi connectivity index (χ3n) is 3.43. The van der Waals surface area contributed by atoms with Gasteiger partial charge in [0.1, 0.15) is 5.76 Å². The quantitative estimate of drug-likeness (QED) is 0.892. The zero-order chi connectivity index (χ0) is 10.8. The minimum absolute atomic E-state index is 0.540. The van der Waals surface area contributed by atoms with Crippen LogP contribution in [0.15, 0.2) is 15.2 Å². The summed E-state index contributed by atoms with van der Waals surface area (Å²) in [6.45, 7) is 6.71. The molecule has 0 aromatic carbocycles. The van der Waals surface area contributed by atoms with Gasteiger partial charge in [-0.05, 0) is 66.3 Å². The third-order valence-corrected chi connectivity index (χ3v) is 3.82. The van der Waals surface area contributed by atoms with Gasteiger partial charge in [-0.15, -0.1) is 0 Å². The first-order chi connectivity index (χ1) is 7.18. The molecule has 0 aliphatic carbocycles. The zero-order valence-corrected chi connectivity index (χ0v) is 10.9. The van der Waals surface area contributed by atoms with Crippen molar-refractivity contribution in [2.45, 2.75) is 32.6 Å². The molecule has 0 saturated carbocycles. The van der Waals surface area contributed by atoms with Crippen LogP contribution in [0.1, 0.15) is 37.0 Å². The van der Waals surface area contributed by atoms with Crippen LogP contribution in [0.25, 0.3) is 0 Å². The Balaban J connectivity index is 2.12. The molecule has 1 aliphatic heterocycles.